The lowest BCUT2D eigenvalue weighted by Gasteiger charge is -2.45. The zero-order valence-corrected chi connectivity index (χ0v) is 15.1. The molecule has 2 aliphatic rings. The molecule has 0 N–H and O–H groups in total. The number of hydrogen-bond donors (Lipinski definition) is 0. The summed E-state index contributed by atoms with van der Waals surface area (Å²) in [5.74, 6) is 0. The lowest BCUT2D eigenvalue weighted by atomic mass is 9.84. The maximum Gasteiger partial charge on any atom is 0.411 e. The van der Waals surface area contributed by atoms with Gasteiger partial charge in [0, 0.05) is 12.2 Å². The van der Waals surface area contributed by atoms with Crippen LogP contribution in [-0.4, -0.2) is 38.1 Å². The first-order chi connectivity index (χ1) is 11.9. The van der Waals surface area contributed by atoms with E-state index in [1.54, 1.807) is 0 Å². The van der Waals surface area contributed by atoms with Crippen LogP contribution in [0.15, 0.2) is 36.7 Å². The second kappa shape index (κ2) is 5.90. The van der Waals surface area contributed by atoms with Crippen LogP contribution in [-0.2, 0) is 4.74 Å². The standard InChI is InChI=1S/C20H25N3O2/c1-20(2,3)25-19(24)23-15-7-6-8-16(23)12-14(11-15)17-13-21-18-9-4-5-10-22(17)18/h4-5,9-11,13,15-16H,6-8,12H2,1-3H3. The molecule has 2 aromatic rings. The van der Waals surface area contributed by atoms with Crippen molar-refractivity contribution in [3.8, 4) is 0 Å². The number of carbonyl (C=O) groups excluding carboxylic acids is 1. The molecular weight excluding hydrogens is 314 g/mol. The fourth-order valence-electron chi connectivity index (χ4n) is 3.99. The van der Waals surface area contributed by atoms with Gasteiger partial charge in [0.2, 0.25) is 0 Å². The van der Waals surface area contributed by atoms with Gasteiger partial charge >= 0.3 is 6.09 Å². The van der Waals surface area contributed by atoms with E-state index in [1.165, 1.54) is 5.57 Å². The van der Waals surface area contributed by atoms with E-state index in [0.29, 0.717) is 0 Å². The van der Waals surface area contributed by atoms with E-state index < -0.39 is 5.60 Å². The molecule has 2 aromatic heterocycles. The van der Waals surface area contributed by atoms with E-state index in [-0.39, 0.29) is 18.2 Å². The average molecular weight is 339 g/mol. The Morgan fingerprint density at radius 3 is 2.88 bits per heavy atom. The number of carbonyl (C=O) groups is 1. The molecule has 0 aromatic carbocycles. The number of rotatable bonds is 1. The SMILES string of the molecule is CC(C)(C)OC(=O)N1C2C=C(c3cnc4ccccn34)CC1CCC2. The first-order valence-electron chi connectivity index (χ1n) is 9.07. The summed E-state index contributed by atoms with van der Waals surface area (Å²) in [6.45, 7) is 5.76. The Kier molecular flexibility index (Phi) is 3.82. The van der Waals surface area contributed by atoms with Crippen LogP contribution < -0.4 is 0 Å². The fourth-order valence-corrected chi connectivity index (χ4v) is 3.99. The van der Waals surface area contributed by atoms with Crippen molar-refractivity contribution in [1.82, 2.24) is 14.3 Å². The minimum absolute atomic E-state index is 0.117. The van der Waals surface area contributed by atoms with Gasteiger partial charge in [0.05, 0.1) is 17.9 Å². The Hall–Kier alpha value is -2.30. The lowest BCUT2D eigenvalue weighted by molar-refractivity contribution is 0.0000650. The second-order valence-electron chi connectivity index (χ2n) is 8.01. The molecule has 5 heteroatoms. The summed E-state index contributed by atoms with van der Waals surface area (Å²) < 4.78 is 7.78. The van der Waals surface area contributed by atoms with E-state index in [2.05, 4.69) is 21.7 Å². The molecule has 2 bridgehead atoms. The highest BCUT2D eigenvalue weighted by atomic mass is 16.6. The summed E-state index contributed by atoms with van der Waals surface area (Å²) in [5, 5.41) is 0. The molecule has 1 amide bonds. The summed E-state index contributed by atoms with van der Waals surface area (Å²) in [6, 6.07) is 6.37. The highest BCUT2D eigenvalue weighted by Gasteiger charge is 2.39. The third kappa shape index (κ3) is 3.03. The van der Waals surface area contributed by atoms with E-state index in [1.807, 2.05) is 50.1 Å². The van der Waals surface area contributed by atoms with Crippen molar-refractivity contribution in [1.29, 1.82) is 0 Å². The van der Waals surface area contributed by atoms with Crippen LogP contribution in [0.1, 0.15) is 52.1 Å². The van der Waals surface area contributed by atoms with Crippen LogP contribution in [0.5, 0.6) is 0 Å². The number of ether oxygens (including phenoxy) is 1. The molecule has 0 saturated carbocycles. The third-order valence-electron chi connectivity index (χ3n) is 4.99. The molecule has 2 aliphatic heterocycles. The van der Waals surface area contributed by atoms with Crippen molar-refractivity contribution in [2.45, 2.75) is 64.1 Å². The molecule has 0 spiro atoms. The quantitative estimate of drug-likeness (QED) is 0.779. The number of piperidine rings is 1. The molecule has 5 nitrogen and oxygen atoms in total. The van der Waals surface area contributed by atoms with Crippen LogP contribution in [0.2, 0.25) is 0 Å². The van der Waals surface area contributed by atoms with Gasteiger partial charge in [0.25, 0.3) is 0 Å². The summed E-state index contributed by atoms with van der Waals surface area (Å²) in [7, 11) is 0. The van der Waals surface area contributed by atoms with Gasteiger partial charge in [-0.05, 0) is 64.2 Å². The van der Waals surface area contributed by atoms with Crippen LogP contribution in [0.25, 0.3) is 11.2 Å². The molecule has 4 rings (SSSR count). The number of nitrogens with zero attached hydrogens (tertiary/aromatic N) is 3. The number of hydrogen-bond acceptors (Lipinski definition) is 3. The molecule has 4 heterocycles. The van der Waals surface area contributed by atoms with Crippen molar-refractivity contribution >= 4 is 17.3 Å². The second-order valence-corrected chi connectivity index (χ2v) is 8.01. The number of pyridine rings is 1. The molecule has 0 radical (unpaired) electrons. The summed E-state index contributed by atoms with van der Waals surface area (Å²) in [4.78, 5) is 19.2. The van der Waals surface area contributed by atoms with Crippen molar-refractivity contribution in [3.63, 3.8) is 0 Å². The predicted molar refractivity (Wildman–Crippen MR) is 97.3 cm³/mol. The van der Waals surface area contributed by atoms with Crippen molar-refractivity contribution in [3.05, 3.63) is 42.4 Å². The van der Waals surface area contributed by atoms with Gasteiger partial charge in [0.1, 0.15) is 11.2 Å². The Labute approximate surface area is 148 Å². The van der Waals surface area contributed by atoms with Crippen molar-refractivity contribution in [2.75, 3.05) is 0 Å². The van der Waals surface area contributed by atoms with Gasteiger partial charge in [-0.1, -0.05) is 12.1 Å². The Bertz CT molecular complexity index is 831. The van der Waals surface area contributed by atoms with E-state index in [0.717, 1.165) is 37.0 Å². The molecule has 132 valence electrons. The normalized spacial score (nSPS) is 23.5. The molecular formula is C20H25N3O2. The van der Waals surface area contributed by atoms with Crippen LogP contribution in [0.4, 0.5) is 4.79 Å². The zero-order chi connectivity index (χ0) is 17.6. The van der Waals surface area contributed by atoms with Gasteiger partial charge in [-0.3, -0.25) is 4.90 Å². The van der Waals surface area contributed by atoms with E-state index >= 15 is 0 Å². The topological polar surface area (TPSA) is 46.8 Å². The first kappa shape index (κ1) is 16.2. The van der Waals surface area contributed by atoms with Crippen LogP contribution in [0, 0.1) is 0 Å². The van der Waals surface area contributed by atoms with Gasteiger partial charge in [-0.25, -0.2) is 9.78 Å². The van der Waals surface area contributed by atoms with Gasteiger partial charge in [-0.2, -0.15) is 0 Å². The number of imidazole rings is 1. The highest BCUT2D eigenvalue weighted by molar-refractivity contribution is 5.74. The minimum atomic E-state index is -0.461. The van der Waals surface area contributed by atoms with Gasteiger partial charge in [0.15, 0.2) is 0 Å². The van der Waals surface area contributed by atoms with Crippen molar-refractivity contribution in [2.24, 2.45) is 0 Å². The number of fused-ring (bicyclic) bond motifs is 3. The monoisotopic (exact) mass is 339 g/mol. The number of aromatic nitrogens is 2. The Morgan fingerprint density at radius 1 is 1.28 bits per heavy atom. The zero-order valence-electron chi connectivity index (χ0n) is 15.1. The molecule has 25 heavy (non-hydrogen) atoms. The van der Waals surface area contributed by atoms with Crippen LogP contribution in [0.3, 0.4) is 0 Å². The lowest BCUT2D eigenvalue weighted by Crippen LogP contribution is -2.53. The first-order valence-corrected chi connectivity index (χ1v) is 9.07. The minimum Gasteiger partial charge on any atom is -0.444 e. The molecule has 1 saturated heterocycles. The third-order valence-corrected chi connectivity index (χ3v) is 4.99. The fraction of sp³-hybridized carbons (Fsp3) is 0.500. The Morgan fingerprint density at radius 2 is 2.12 bits per heavy atom. The molecule has 0 aliphatic carbocycles. The average Bonchev–Trinajstić information content (AvgIpc) is 2.96. The van der Waals surface area contributed by atoms with Gasteiger partial charge in [-0.15, -0.1) is 0 Å². The predicted octanol–water partition coefficient (Wildman–Crippen LogP) is 4.28. The largest absolute Gasteiger partial charge is 0.444 e. The van der Waals surface area contributed by atoms with Crippen LogP contribution >= 0.6 is 0 Å². The Balaban J connectivity index is 1.66. The van der Waals surface area contributed by atoms with Gasteiger partial charge < -0.3 is 9.14 Å². The summed E-state index contributed by atoms with van der Waals surface area (Å²) >= 11 is 0. The summed E-state index contributed by atoms with van der Waals surface area (Å²) in [6.07, 6.45) is 10.1. The molecule has 2 unspecified atom stereocenters. The molecule has 1 fully saturated rings. The van der Waals surface area contributed by atoms with Crippen molar-refractivity contribution < 1.29 is 9.53 Å². The maximum atomic E-state index is 12.7. The maximum absolute atomic E-state index is 12.7. The smallest absolute Gasteiger partial charge is 0.411 e. The van der Waals surface area contributed by atoms with E-state index in [4.69, 9.17) is 4.74 Å². The molecule has 2 atom stereocenters. The summed E-state index contributed by atoms with van der Waals surface area (Å²) in [5.41, 5.74) is 2.92. The highest BCUT2D eigenvalue weighted by Crippen LogP contribution is 2.38. The van der Waals surface area contributed by atoms with E-state index in [9.17, 15) is 4.79 Å². The number of amides is 1.